The molecular weight excluding hydrogens is 344 g/mol. The number of benzene rings is 1. The predicted molar refractivity (Wildman–Crippen MR) is 100 cm³/mol. The van der Waals surface area contributed by atoms with E-state index in [1.807, 2.05) is 36.7 Å². The van der Waals surface area contributed by atoms with Crippen LogP contribution >= 0.6 is 22.9 Å². The molecule has 1 atom stereocenters. The third kappa shape index (κ3) is 4.06. The number of para-hydroxylation sites is 1. The first-order valence-corrected chi connectivity index (χ1v) is 9.35. The molecule has 0 unspecified atom stereocenters. The summed E-state index contributed by atoms with van der Waals surface area (Å²) >= 11 is 7.78. The van der Waals surface area contributed by atoms with Crippen molar-refractivity contribution in [3.05, 3.63) is 40.9 Å². The van der Waals surface area contributed by atoms with Gasteiger partial charge in [-0.1, -0.05) is 23.7 Å². The summed E-state index contributed by atoms with van der Waals surface area (Å²) in [6.07, 6.45) is 2.85. The van der Waals surface area contributed by atoms with Gasteiger partial charge in [0.25, 0.3) is 0 Å². The number of aromatic nitrogens is 1. The van der Waals surface area contributed by atoms with Gasteiger partial charge in [0.1, 0.15) is 0 Å². The molecule has 1 aliphatic heterocycles. The molecule has 0 bridgehead atoms. The molecule has 1 aromatic heterocycles. The Hall–Kier alpha value is -1.63. The fourth-order valence-corrected chi connectivity index (χ4v) is 3.73. The second kappa shape index (κ2) is 7.96. The second-order valence-electron chi connectivity index (χ2n) is 5.84. The highest BCUT2D eigenvalue weighted by atomic mass is 35.5. The number of hydrogen-bond donors (Lipinski definition) is 1. The van der Waals surface area contributed by atoms with Gasteiger partial charge in [0, 0.05) is 37.8 Å². The molecule has 1 saturated heterocycles. The monoisotopic (exact) mass is 364 g/mol. The maximum Gasteiger partial charge on any atom is 0.241 e. The Bertz CT molecular complexity index is 679. The molecule has 0 saturated carbocycles. The molecule has 1 aliphatic rings. The van der Waals surface area contributed by atoms with Crippen LogP contribution in [0.15, 0.2) is 35.8 Å². The Morgan fingerprint density at radius 3 is 2.88 bits per heavy atom. The molecule has 3 rings (SSSR count). The van der Waals surface area contributed by atoms with Crippen molar-refractivity contribution >= 4 is 39.7 Å². The third-order valence-corrected chi connectivity index (χ3v) is 5.44. The number of rotatable bonds is 4. The first kappa shape index (κ1) is 17.2. The molecule has 7 heteroatoms. The highest BCUT2D eigenvalue weighted by molar-refractivity contribution is 7.13. The van der Waals surface area contributed by atoms with Crippen molar-refractivity contribution in [2.75, 3.05) is 36.4 Å². The minimum Gasteiger partial charge on any atom is -0.347 e. The molecule has 128 valence electrons. The van der Waals surface area contributed by atoms with Crippen LogP contribution in [-0.2, 0) is 4.79 Å². The van der Waals surface area contributed by atoms with E-state index in [1.54, 1.807) is 17.4 Å². The van der Waals surface area contributed by atoms with Gasteiger partial charge >= 0.3 is 0 Å². The third-order valence-electron chi connectivity index (χ3n) is 4.28. The largest absolute Gasteiger partial charge is 0.347 e. The molecule has 0 radical (unpaired) electrons. The number of carbonyl (C=O) groups excluding carboxylic acids is 1. The number of halogens is 1. The molecule has 24 heavy (non-hydrogen) atoms. The van der Waals surface area contributed by atoms with Crippen molar-refractivity contribution in [2.45, 2.75) is 19.4 Å². The smallest absolute Gasteiger partial charge is 0.241 e. The molecule has 1 N–H and O–H groups in total. The highest BCUT2D eigenvalue weighted by Crippen LogP contribution is 2.22. The quantitative estimate of drug-likeness (QED) is 0.904. The van der Waals surface area contributed by atoms with Crippen LogP contribution in [0.3, 0.4) is 0 Å². The first-order valence-electron chi connectivity index (χ1n) is 8.09. The van der Waals surface area contributed by atoms with Gasteiger partial charge in [-0.05, 0) is 25.5 Å². The number of amides is 1. The van der Waals surface area contributed by atoms with E-state index < -0.39 is 0 Å². The van der Waals surface area contributed by atoms with Gasteiger partial charge in [-0.2, -0.15) is 0 Å². The van der Waals surface area contributed by atoms with Crippen molar-refractivity contribution in [3.8, 4) is 0 Å². The number of nitrogens with one attached hydrogen (secondary N) is 1. The summed E-state index contributed by atoms with van der Waals surface area (Å²) in [7, 11) is 0. The molecule has 2 aromatic rings. The number of hydrogen-bond acceptors (Lipinski definition) is 5. The average molecular weight is 365 g/mol. The Morgan fingerprint density at radius 2 is 2.12 bits per heavy atom. The van der Waals surface area contributed by atoms with Gasteiger partial charge in [0.2, 0.25) is 5.91 Å². The van der Waals surface area contributed by atoms with Crippen LogP contribution in [0, 0.1) is 0 Å². The van der Waals surface area contributed by atoms with Gasteiger partial charge in [0.05, 0.1) is 16.8 Å². The molecule has 5 nitrogen and oxygen atoms in total. The minimum absolute atomic E-state index is 0.0224. The van der Waals surface area contributed by atoms with Crippen molar-refractivity contribution in [1.82, 2.24) is 9.88 Å². The molecule has 2 heterocycles. The zero-order valence-corrected chi connectivity index (χ0v) is 15.2. The van der Waals surface area contributed by atoms with Crippen LogP contribution < -0.4 is 10.2 Å². The van der Waals surface area contributed by atoms with Gasteiger partial charge < -0.3 is 10.2 Å². The Morgan fingerprint density at radius 1 is 1.29 bits per heavy atom. The summed E-state index contributed by atoms with van der Waals surface area (Å²) < 4.78 is 0. The van der Waals surface area contributed by atoms with Gasteiger partial charge in [-0.25, -0.2) is 4.98 Å². The van der Waals surface area contributed by atoms with Gasteiger partial charge in [-0.3, -0.25) is 9.69 Å². The lowest BCUT2D eigenvalue weighted by Crippen LogP contribution is -2.44. The molecule has 0 spiro atoms. The number of nitrogens with zero attached hydrogens (tertiary/aromatic N) is 3. The topological polar surface area (TPSA) is 48.5 Å². The zero-order chi connectivity index (χ0) is 16.9. The summed E-state index contributed by atoms with van der Waals surface area (Å²) in [4.78, 5) is 21.5. The van der Waals surface area contributed by atoms with E-state index in [-0.39, 0.29) is 11.9 Å². The normalized spacial score (nSPS) is 17.3. The Labute approximate surface area is 151 Å². The summed E-state index contributed by atoms with van der Waals surface area (Å²) in [5.41, 5.74) is 0.662. The number of thiazole rings is 1. The van der Waals surface area contributed by atoms with E-state index in [0.717, 1.165) is 37.7 Å². The van der Waals surface area contributed by atoms with E-state index >= 15 is 0 Å². The van der Waals surface area contributed by atoms with Crippen LogP contribution in [0.4, 0.5) is 10.8 Å². The Balaban J connectivity index is 1.59. The molecule has 1 fully saturated rings. The van der Waals surface area contributed by atoms with Crippen LogP contribution in [0.25, 0.3) is 0 Å². The highest BCUT2D eigenvalue weighted by Gasteiger charge is 2.25. The lowest BCUT2D eigenvalue weighted by atomic mass is 10.2. The van der Waals surface area contributed by atoms with E-state index in [9.17, 15) is 4.79 Å². The minimum atomic E-state index is -0.197. The maximum atomic E-state index is 12.6. The van der Waals surface area contributed by atoms with Crippen LogP contribution in [0.5, 0.6) is 0 Å². The van der Waals surface area contributed by atoms with E-state index in [4.69, 9.17) is 11.6 Å². The number of anilines is 2. The predicted octanol–water partition coefficient (Wildman–Crippen LogP) is 3.34. The van der Waals surface area contributed by atoms with E-state index in [2.05, 4.69) is 20.1 Å². The standard InChI is InChI=1S/C17H21ClN4OS/c1-13(16(23)20-15-6-3-2-5-14(15)18)21-8-4-9-22(11-10-21)17-19-7-12-24-17/h2-3,5-7,12-13H,4,8-11H2,1H3,(H,20,23)/t13-/m0/s1. The Kier molecular flexibility index (Phi) is 5.71. The van der Waals surface area contributed by atoms with Crippen molar-refractivity contribution < 1.29 is 4.79 Å². The summed E-state index contributed by atoms with van der Waals surface area (Å²) in [6.45, 7) is 5.56. The van der Waals surface area contributed by atoms with Gasteiger partial charge in [0.15, 0.2) is 5.13 Å². The molecule has 1 amide bonds. The first-order chi connectivity index (χ1) is 11.6. The maximum absolute atomic E-state index is 12.6. The second-order valence-corrected chi connectivity index (χ2v) is 7.12. The van der Waals surface area contributed by atoms with Crippen LogP contribution in [0.1, 0.15) is 13.3 Å². The summed E-state index contributed by atoms with van der Waals surface area (Å²) in [5.74, 6) is -0.0224. The van der Waals surface area contributed by atoms with Gasteiger partial charge in [-0.15, -0.1) is 11.3 Å². The summed E-state index contributed by atoms with van der Waals surface area (Å²) in [5, 5.41) is 6.55. The SMILES string of the molecule is C[C@@H](C(=O)Nc1ccccc1Cl)N1CCCN(c2nccs2)CC1. The van der Waals surface area contributed by atoms with Crippen molar-refractivity contribution in [3.63, 3.8) is 0 Å². The fraction of sp³-hybridized carbons (Fsp3) is 0.412. The lowest BCUT2D eigenvalue weighted by Gasteiger charge is -2.27. The average Bonchev–Trinajstić information content (AvgIpc) is 3.01. The van der Waals surface area contributed by atoms with Crippen LogP contribution in [0.2, 0.25) is 5.02 Å². The van der Waals surface area contributed by atoms with Crippen molar-refractivity contribution in [1.29, 1.82) is 0 Å². The summed E-state index contributed by atoms with van der Waals surface area (Å²) in [6, 6.07) is 7.12. The van der Waals surface area contributed by atoms with Crippen molar-refractivity contribution in [2.24, 2.45) is 0 Å². The lowest BCUT2D eigenvalue weighted by molar-refractivity contribution is -0.120. The van der Waals surface area contributed by atoms with E-state index in [0.29, 0.717) is 10.7 Å². The molecule has 1 aromatic carbocycles. The van der Waals surface area contributed by atoms with Crippen LogP contribution in [-0.4, -0.2) is 48.0 Å². The number of carbonyl (C=O) groups is 1. The van der Waals surface area contributed by atoms with E-state index in [1.165, 1.54) is 0 Å². The molecular formula is C17H21ClN4OS. The molecule has 0 aliphatic carbocycles. The fourth-order valence-electron chi connectivity index (χ4n) is 2.85. The zero-order valence-electron chi connectivity index (χ0n) is 13.6.